The van der Waals surface area contributed by atoms with Crippen LogP contribution >= 0.6 is 0 Å². The SMILES string of the molecule is CC1CCN(C(=O)CN2CCC[C@H]2CO)CC1. The van der Waals surface area contributed by atoms with Crippen molar-refractivity contribution in [1.29, 1.82) is 0 Å². The van der Waals surface area contributed by atoms with Crippen molar-refractivity contribution in [3.8, 4) is 0 Å². The van der Waals surface area contributed by atoms with Gasteiger partial charge in [0.1, 0.15) is 0 Å². The van der Waals surface area contributed by atoms with E-state index >= 15 is 0 Å². The first kappa shape index (κ1) is 12.8. The molecule has 2 rings (SSSR count). The summed E-state index contributed by atoms with van der Waals surface area (Å²) in [5.74, 6) is 1.01. The summed E-state index contributed by atoms with van der Waals surface area (Å²) in [5, 5.41) is 9.23. The molecule has 2 aliphatic rings. The summed E-state index contributed by atoms with van der Waals surface area (Å²) in [4.78, 5) is 16.3. The zero-order chi connectivity index (χ0) is 12.3. The minimum Gasteiger partial charge on any atom is -0.395 e. The molecule has 0 aromatic heterocycles. The minimum absolute atomic E-state index is 0.185. The van der Waals surface area contributed by atoms with Crippen LogP contribution < -0.4 is 0 Å². The Bertz CT molecular complexity index is 262. The molecule has 0 aliphatic carbocycles. The fraction of sp³-hybridized carbons (Fsp3) is 0.923. The van der Waals surface area contributed by atoms with Crippen molar-refractivity contribution in [3.63, 3.8) is 0 Å². The Balaban J connectivity index is 1.80. The second-order valence-corrected chi connectivity index (χ2v) is 5.51. The van der Waals surface area contributed by atoms with Crippen molar-refractivity contribution in [2.24, 2.45) is 5.92 Å². The quantitative estimate of drug-likeness (QED) is 0.790. The molecule has 0 bridgehead atoms. The highest BCUT2D eigenvalue weighted by Crippen LogP contribution is 2.19. The monoisotopic (exact) mass is 240 g/mol. The van der Waals surface area contributed by atoms with E-state index in [2.05, 4.69) is 11.8 Å². The highest BCUT2D eigenvalue weighted by molar-refractivity contribution is 5.78. The third kappa shape index (κ3) is 3.19. The number of hydrogen-bond acceptors (Lipinski definition) is 3. The number of carbonyl (C=O) groups excluding carboxylic acids is 1. The van der Waals surface area contributed by atoms with Gasteiger partial charge in [0.05, 0.1) is 13.2 Å². The van der Waals surface area contributed by atoms with Crippen LogP contribution in [0.1, 0.15) is 32.6 Å². The summed E-state index contributed by atoms with van der Waals surface area (Å²) in [7, 11) is 0. The Labute approximate surface area is 104 Å². The Hall–Kier alpha value is -0.610. The fourth-order valence-corrected chi connectivity index (χ4v) is 2.84. The molecule has 2 saturated heterocycles. The van der Waals surface area contributed by atoms with E-state index in [0.717, 1.165) is 51.2 Å². The molecule has 98 valence electrons. The van der Waals surface area contributed by atoms with Crippen molar-refractivity contribution in [2.75, 3.05) is 32.8 Å². The molecule has 1 amide bonds. The maximum absolute atomic E-state index is 12.1. The molecule has 0 spiro atoms. The maximum Gasteiger partial charge on any atom is 0.236 e. The number of amides is 1. The third-order valence-electron chi connectivity index (χ3n) is 4.18. The summed E-state index contributed by atoms with van der Waals surface area (Å²) in [5.41, 5.74) is 0. The first-order valence-corrected chi connectivity index (χ1v) is 6.83. The van der Waals surface area contributed by atoms with Crippen LogP contribution in [-0.4, -0.2) is 59.6 Å². The average Bonchev–Trinajstić information content (AvgIpc) is 2.77. The molecule has 1 atom stereocenters. The molecule has 4 nitrogen and oxygen atoms in total. The van der Waals surface area contributed by atoms with E-state index in [4.69, 9.17) is 0 Å². The van der Waals surface area contributed by atoms with Crippen molar-refractivity contribution in [1.82, 2.24) is 9.80 Å². The van der Waals surface area contributed by atoms with Crippen LogP contribution in [0.25, 0.3) is 0 Å². The van der Waals surface area contributed by atoms with Crippen LogP contribution in [0.3, 0.4) is 0 Å². The Morgan fingerprint density at radius 1 is 1.24 bits per heavy atom. The normalized spacial score (nSPS) is 27.6. The van der Waals surface area contributed by atoms with Gasteiger partial charge in [-0.1, -0.05) is 6.92 Å². The number of aliphatic hydroxyl groups excluding tert-OH is 1. The molecular weight excluding hydrogens is 216 g/mol. The van der Waals surface area contributed by atoms with E-state index < -0.39 is 0 Å². The predicted molar refractivity (Wildman–Crippen MR) is 66.7 cm³/mol. The number of likely N-dealkylation sites (tertiary alicyclic amines) is 2. The van der Waals surface area contributed by atoms with Crippen molar-refractivity contribution >= 4 is 5.91 Å². The largest absolute Gasteiger partial charge is 0.395 e. The highest BCUT2D eigenvalue weighted by atomic mass is 16.3. The van der Waals surface area contributed by atoms with Gasteiger partial charge in [-0.2, -0.15) is 0 Å². The lowest BCUT2D eigenvalue weighted by atomic mass is 9.99. The van der Waals surface area contributed by atoms with Gasteiger partial charge in [-0.3, -0.25) is 9.69 Å². The van der Waals surface area contributed by atoms with Gasteiger partial charge in [0, 0.05) is 19.1 Å². The second kappa shape index (κ2) is 5.83. The van der Waals surface area contributed by atoms with Crippen molar-refractivity contribution in [2.45, 2.75) is 38.6 Å². The van der Waals surface area contributed by atoms with Gasteiger partial charge in [-0.25, -0.2) is 0 Å². The van der Waals surface area contributed by atoms with E-state index in [-0.39, 0.29) is 18.6 Å². The van der Waals surface area contributed by atoms with E-state index in [0.29, 0.717) is 6.54 Å². The van der Waals surface area contributed by atoms with Gasteiger partial charge in [-0.15, -0.1) is 0 Å². The lowest BCUT2D eigenvalue weighted by Gasteiger charge is -2.32. The van der Waals surface area contributed by atoms with Crippen molar-refractivity contribution in [3.05, 3.63) is 0 Å². The second-order valence-electron chi connectivity index (χ2n) is 5.51. The molecule has 2 heterocycles. The van der Waals surface area contributed by atoms with Gasteiger partial charge >= 0.3 is 0 Å². The van der Waals surface area contributed by atoms with E-state index in [1.807, 2.05) is 4.90 Å². The first-order chi connectivity index (χ1) is 8.20. The minimum atomic E-state index is 0.185. The molecule has 4 heteroatoms. The fourth-order valence-electron chi connectivity index (χ4n) is 2.84. The lowest BCUT2D eigenvalue weighted by molar-refractivity contribution is -0.134. The van der Waals surface area contributed by atoms with Crippen LogP contribution in [0.15, 0.2) is 0 Å². The van der Waals surface area contributed by atoms with Crippen LogP contribution in [0, 0.1) is 5.92 Å². The highest BCUT2D eigenvalue weighted by Gasteiger charge is 2.28. The number of piperidine rings is 1. The Morgan fingerprint density at radius 3 is 2.59 bits per heavy atom. The number of hydrogen-bond donors (Lipinski definition) is 1. The number of aliphatic hydroxyl groups is 1. The molecule has 0 aromatic carbocycles. The molecule has 0 saturated carbocycles. The summed E-state index contributed by atoms with van der Waals surface area (Å²) in [6.45, 7) is 5.73. The smallest absolute Gasteiger partial charge is 0.236 e. The van der Waals surface area contributed by atoms with E-state index in [1.54, 1.807) is 0 Å². The van der Waals surface area contributed by atoms with E-state index in [9.17, 15) is 9.90 Å². The summed E-state index contributed by atoms with van der Waals surface area (Å²) in [6.07, 6.45) is 4.40. The topological polar surface area (TPSA) is 43.8 Å². The molecule has 1 N–H and O–H groups in total. The Morgan fingerprint density at radius 2 is 1.94 bits per heavy atom. The van der Waals surface area contributed by atoms with Crippen molar-refractivity contribution < 1.29 is 9.90 Å². The first-order valence-electron chi connectivity index (χ1n) is 6.83. The molecule has 2 aliphatic heterocycles. The van der Waals surface area contributed by atoms with Gasteiger partial charge in [0.15, 0.2) is 0 Å². The van der Waals surface area contributed by atoms with Crippen LogP contribution in [0.5, 0.6) is 0 Å². The zero-order valence-corrected chi connectivity index (χ0v) is 10.8. The average molecular weight is 240 g/mol. The van der Waals surface area contributed by atoms with E-state index in [1.165, 1.54) is 0 Å². The lowest BCUT2D eigenvalue weighted by Crippen LogP contribution is -2.45. The zero-order valence-electron chi connectivity index (χ0n) is 10.8. The molecule has 0 aromatic rings. The standard InChI is InChI=1S/C13H24N2O2/c1-11-4-7-14(8-5-11)13(17)9-15-6-2-3-12(15)10-16/h11-12,16H,2-10H2,1H3/t12-/m0/s1. The van der Waals surface area contributed by atoms with Gasteiger partial charge in [-0.05, 0) is 38.1 Å². The van der Waals surface area contributed by atoms with Gasteiger partial charge < -0.3 is 10.0 Å². The number of rotatable bonds is 3. The molecule has 2 fully saturated rings. The van der Waals surface area contributed by atoms with Crippen LogP contribution in [0.4, 0.5) is 0 Å². The van der Waals surface area contributed by atoms with Crippen LogP contribution in [-0.2, 0) is 4.79 Å². The molecule has 0 radical (unpaired) electrons. The summed E-state index contributed by atoms with van der Waals surface area (Å²) >= 11 is 0. The van der Waals surface area contributed by atoms with Gasteiger partial charge in [0.2, 0.25) is 5.91 Å². The number of nitrogens with zero attached hydrogens (tertiary/aromatic N) is 2. The molecular formula is C13H24N2O2. The Kier molecular flexibility index (Phi) is 4.40. The predicted octanol–water partition coefficient (Wildman–Crippen LogP) is 0.702. The summed E-state index contributed by atoms with van der Waals surface area (Å²) in [6, 6.07) is 0.211. The van der Waals surface area contributed by atoms with Gasteiger partial charge in [0.25, 0.3) is 0 Å². The molecule has 17 heavy (non-hydrogen) atoms. The molecule has 0 unspecified atom stereocenters. The van der Waals surface area contributed by atoms with Crippen LogP contribution in [0.2, 0.25) is 0 Å². The third-order valence-corrected chi connectivity index (χ3v) is 4.18. The number of carbonyl (C=O) groups is 1. The summed E-state index contributed by atoms with van der Waals surface area (Å²) < 4.78 is 0. The maximum atomic E-state index is 12.1.